The fourth-order valence-electron chi connectivity index (χ4n) is 3.96. The maximum absolute atomic E-state index is 13.8. The molecule has 5 rings (SSSR count). The molecule has 1 aliphatic rings. The highest BCUT2D eigenvalue weighted by Gasteiger charge is 2.31. The third-order valence-electron chi connectivity index (χ3n) is 5.74. The molecule has 13 heteroatoms. The summed E-state index contributed by atoms with van der Waals surface area (Å²) >= 11 is 6.35. The summed E-state index contributed by atoms with van der Waals surface area (Å²) in [4.78, 5) is 38.3. The van der Waals surface area contributed by atoms with Gasteiger partial charge in [0.15, 0.2) is 5.58 Å². The standard InChI is InChI=1S/C26H19ClF2N6O4/c1-12-21(23(36)33-20-9-13(7-8-30-20)24(37)38-2)22(16-5-3-14(28)10-17(16)27)34-25(31-12)35-26-32-18-6-4-15(29)11-19(18)39-26/h3-11,22H,1-2H3,(H,30,33,36)(H2,31,32,34,35). The number of guanidine groups is 1. The molecule has 1 atom stereocenters. The van der Waals surface area contributed by atoms with Crippen LogP contribution in [0.15, 0.2) is 75.4 Å². The van der Waals surface area contributed by atoms with E-state index in [9.17, 15) is 18.4 Å². The second-order valence-electron chi connectivity index (χ2n) is 8.34. The molecule has 10 nitrogen and oxygen atoms in total. The third kappa shape index (κ3) is 5.41. The summed E-state index contributed by atoms with van der Waals surface area (Å²) in [7, 11) is 1.24. The molecule has 0 spiro atoms. The Morgan fingerprint density at radius 2 is 1.87 bits per heavy atom. The lowest BCUT2D eigenvalue weighted by Crippen LogP contribution is -2.37. The van der Waals surface area contributed by atoms with E-state index in [-0.39, 0.29) is 39.5 Å². The molecule has 2 aromatic heterocycles. The van der Waals surface area contributed by atoms with Crippen LogP contribution < -0.4 is 16.0 Å². The van der Waals surface area contributed by atoms with Gasteiger partial charge in [-0.15, -0.1) is 0 Å². The van der Waals surface area contributed by atoms with E-state index >= 15 is 0 Å². The number of carbonyl (C=O) groups is 2. The Balaban J connectivity index is 1.49. The molecular formula is C26H19ClF2N6O4. The van der Waals surface area contributed by atoms with Crippen LogP contribution in [-0.2, 0) is 9.53 Å². The van der Waals surface area contributed by atoms with Crippen LogP contribution in [0.5, 0.6) is 0 Å². The highest BCUT2D eigenvalue weighted by atomic mass is 35.5. The minimum absolute atomic E-state index is 0.0235. The van der Waals surface area contributed by atoms with Crippen molar-refractivity contribution in [3.8, 4) is 0 Å². The first-order chi connectivity index (χ1) is 18.7. The van der Waals surface area contributed by atoms with Crippen molar-refractivity contribution in [1.82, 2.24) is 15.3 Å². The Morgan fingerprint density at radius 1 is 1.10 bits per heavy atom. The van der Waals surface area contributed by atoms with Crippen LogP contribution in [-0.4, -0.2) is 34.9 Å². The van der Waals surface area contributed by atoms with E-state index in [1.165, 1.54) is 55.8 Å². The van der Waals surface area contributed by atoms with Crippen molar-refractivity contribution in [2.45, 2.75) is 13.0 Å². The quantitative estimate of drug-likeness (QED) is 0.296. The second-order valence-corrected chi connectivity index (χ2v) is 8.75. The van der Waals surface area contributed by atoms with E-state index in [1.807, 2.05) is 0 Å². The van der Waals surface area contributed by atoms with E-state index < -0.39 is 29.6 Å². The van der Waals surface area contributed by atoms with Gasteiger partial charge in [0.1, 0.15) is 29.0 Å². The number of ether oxygens (including phenoxy) is 1. The number of amides is 1. The molecule has 0 radical (unpaired) electrons. The molecule has 0 saturated carbocycles. The number of halogens is 3. The molecule has 3 heterocycles. The maximum atomic E-state index is 13.8. The fourth-order valence-corrected chi connectivity index (χ4v) is 4.23. The predicted octanol–water partition coefficient (Wildman–Crippen LogP) is 4.97. The molecule has 0 bridgehead atoms. The summed E-state index contributed by atoms with van der Waals surface area (Å²) in [6.45, 7) is 1.63. The van der Waals surface area contributed by atoms with Gasteiger partial charge in [-0.25, -0.2) is 23.6 Å². The van der Waals surface area contributed by atoms with Gasteiger partial charge in [-0.2, -0.15) is 4.98 Å². The molecule has 1 unspecified atom stereocenters. The van der Waals surface area contributed by atoms with Crippen LogP contribution in [0, 0.1) is 11.6 Å². The maximum Gasteiger partial charge on any atom is 0.338 e. The van der Waals surface area contributed by atoms with Crippen LogP contribution in [0.2, 0.25) is 5.02 Å². The van der Waals surface area contributed by atoms with Gasteiger partial charge in [0, 0.05) is 28.5 Å². The van der Waals surface area contributed by atoms with E-state index in [1.54, 1.807) is 6.92 Å². The molecule has 198 valence electrons. The van der Waals surface area contributed by atoms with Crippen LogP contribution >= 0.6 is 11.6 Å². The lowest BCUT2D eigenvalue weighted by Gasteiger charge is -2.27. The second kappa shape index (κ2) is 10.5. The zero-order valence-corrected chi connectivity index (χ0v) is 21.1. The number of rotatable bonds is 5. The van der Waals surface area contributed by atoms with Gasteiger partial charge in [-0.05, 0) is 43.3 Å². The topological polar surface area (TPSA) is 131 Å². The first-order valence-corrected chi connectivity index (χ1v) is 11.8. The monoisotopic (exact) mass is 552 g/mol. The van der Waals surface area contributed by atoms with Crippen LogP contribution in [0.3, 0.4) is 0 Å². The Morgan fingerprint density at radius 3 is 2.64 bits per heavy atom. The highest BCUT2D eigenvalue weighted by molar-refractivity contribution is 6.31. The number of anilines is 2. The number of hydrogen-bond acceptors (Lipinski definition) is 9. The van der Waals surface area contributed by atoms with E-state index in [2.05, 4.69) is 30.9 Å². The summed E-state index contributed by atoms with van der Waals surface area (Å²) in [6.07, 6.45) is 1.35. The number of nitrogens with one attached hydrogen (secondary N) is 3. The minimum atomic E-state index is -0.993. The molecule has 4 aromatic rings. The first kappa shape index (κ1) is 25.8. The van der Waals surface area contributed by atoms with Crippen molar-refractivity contribution >= 4 is 52.4 Å². The van der Waals surface area contributed by atoms with Crippen molar-refractivity contribution in [2.24, 2.45) is 4.99 Å². The SMILES string of the molecule is COC(=O)c1ccnc(NC(=O)C2=C(C)NC(Nc3nc4ccc(F)cc4o3)=NC2c2ccc(F)cc2Cl)c1. The zero-order chi connectivity index (χ0) is 27.7. The van der Waals surface area contributed by atoms with E-state index in [4.69, 9.17) is 20.8 Å². The summed E-state index contributed by atoms with van der Waals surface area (Å²) in [5.41, 5.74) is 1.71. The predicted molar refractivity (Wildman–Crippen MR) is 139 cm³/mol. The molecule has 0 aliphatic carbocycles. The molecule has 0 saturated heterocycles. The number of fused-ring (bicyclic) bond motifs is 1. The number of hydrogen-bond donors (Lipinski definition) is 3. The number of allylic oxidation sites excluding steroid dienone is 1. The van der Waals surface area contributed by atoms with Gasteiger partial charge in [0.2, 0.25) is 5.96 Å². The summed E-state index contributed by atoms with van der Waals surface area (Å²) in [5.74, 6) is -1.99. The molecule has 2 aromatic carbocycles. The summed E-state index contributed by atoms with van der Waals surface area (Å²) in [6, 6.07) is 9.49. The minimum Gasteiger partial charge on any atom is -0.465 e. The number of aromatic nitrogens is 2. The smallest absolute Gasteiger partial charge is 0.338 e. The van der Waals surface area contributed by atoms with Gasteiger partial charge in [0.25, 0.3) is 5.91 Å². The third-order valence-corrected chi connectivity index (χ3v) is 6.07. The average Bonchev–Trinajstić information content (AvgIpc) is 3.29. The lowest BCUT2D eigenvalue weighted by atomic mass is 9.95. The van der Waals surface area contributed by atoms with Crippen molar-refractivity contribution in [2.75, 3.05) is 17.7 Å². The van der Waals surface area contributed by atoms with Crippen LogP contribution in [0.1, 0.15) is 28.9 Å². The van der Waals surface area contributed by atoms with Crippen LogP contribution in [0.25, 0.3) is 11.1 Å². The number of benzene rings is 2. The lowest BCUT2D eigenvalue weighted by molar-refractivity contribution is -0.113. The Kier molecular flexibility index (Phi) is 6.94. The molecule has 1 amide bonds. The molecule has 3 N–H and O–H groups in total. The average molecular weight is 553 g/mol. The van der Waals surface area contributed by atoms with E-state index in [0.717, 1.165) is 6.07 Å². The van der Waals surface area contributed by atoms with Gasteiger partial charge in [0.05, 0.1) is 18.2 Å². The number of oxazole rings is 1. The van der Waals surface area contributed by atoms with Gasteiger partial charge in [-0.1, -0.05) is 17.7 Å². The Labute approximate surface area is 224 Å². The van der Waals surface area contributed by atoms with Crippen molar-refractivity contribution in [3.63, 3.8) is 0 Å². The number of methoxy groups -OCH3 is 1. The van der Waals surface area contributed by atoms with Gasteiger partial charge >= 0.3 is 12.0 Å². The van der Waals surface area contributed by atoms with Gasteiger partial charge in [-0.3, -0.25) is 10.1 Å². The molecular weight excluding hydrogens is 534 g/mol. The molecule has 0 fully saturated rings. The van der Waals surface area contributed by atoms with Crippen molar-refractivity contribution < 1.29 is 27.5 Å². The number of nitrogens with zero attached hydrogens (tertiary/aromatic N) is 3. The number of aliphatic imine (C=N–C) groups is 1. The number of pyridine rings is 1. The number of esters is 1. The van der Waals surface area contributed by atoms with E-state index in [0.29, 0.717) is 16.8 Å². The van der Waals surface area contributed by atoms with Crippen molar-refractivity contribution in [1.29, 1.82) is 0 Å². The summed E-state index contributed by atoms with van der Waals surface area (Å²) in [5, 5.41) is 8.55. The number of carbonyl (C=O) groups excluding carboxylic acids is 2. The Hall–Kier alpha value is -4.84. The normalized spacial score (nSPS) is 15.0. The summed E-state index contributed by atoms with van der Waals surface area (Å²) < 4.78 is 37.7. The van der Waals surface area contributed by atoms with Crippen LogP contribution in [0.4, 0.5) is 20.6 Å². The fraction of sp³-hybridized carbons (Fsp3) is 0.115. The largest absolute Gasteiger partial charge is 0.465 e. The van der Waals surface area contributed by atoms with Gasteiger partial charge < -0.3 is 19.8 Å². The first-order valence-electron chi connectivity index (χ1n) is 11.4. The van der Waals surface area contributed by atoms with Crippen molar-refractivity contribution in [3.05, 3.63) is 93.8 Å². The molecule has 1 aliphatic heterocycles. The Bertz CT molecular complexity index is 1690. The highest BCUT2D eigenvalue weighted by Crippen LogP contribution is 2.36. The zero-order valence-electron chi connectivity index (χ0n) is 20.4. The molecule has 39 heavy (non-hydrogen) atoms.